The topological polar surface area (TPSA) is 17.1 Å². The quantitative estimate of drug-likeness (QED) is 0.111. The second-order valence-corrected chi connectivity index (χ2v) is 11.3. The Hall–Kier alpha value is 0.0200. The van der Waals surface area contributed by atoms with E-state index in [9.17, 15) is 4.79 Å². The van der Waals surface area contributed by atoms with Crippen LogP contribution in [0.1, 0.15) is 181 Å². The zero-order valence-electron chi connectivity index (χ0n) is 22.4. The van der Waals surface area contributed by atoms with Crippen LogP contribution in [0.15, 0.2) is 0 Å². The Kier molecular flexibility index (Phi) is 29.1. The molecule has 0 saturated carbocycles. The van der Waals surface area contributed by atoms with E-state index in [0.717, 1.165) is 18.6 Å². The van der Waals surface area contributed by atoms with Crippen molar-refractivity contribution in [1.82, 2.24) is 0 Å². The molecule has 0 heterocycles. The van der Waals surface area contributed by atoms with E-state index in [1.54, 1.807) is 11.8 Å². The number of carbonyl (C=O) groups is 1. The highest BCUT2D eigenvalue weighted by Gasteiger charge is 2.02. The molecule has 2 heteroatoms. The molecular formula is C30H60OS. The van der Waals surface area contributed by atoms with Crippen LogP contribution in [-0.2, 0) is 4.79 Å². The van der Waals surface area contributed by atoms with Gasteiger partial charge in [-0.25, -0.2) is 0 Å². The minimum absolute atomic E-state index is 0.440. The molecule has 0 amide bonds. The average Bonchev–Trinajstić information content (AvgIpc) is 2.80. The Balaban J connectivity index is 3.13. The van der Waals surface area contributed by atoms with Crippen LogP contribution in [0.25, 0.3) is 0 Å². The van der Waals surface area contributed by atoms with Gasteiger partial charge in [-0.1, -0.05) is 173 Å². The zero-order valence-corrected chi connectivity index (χ0v) is 23.2. The van der Waals surface area contributed by atoms with Crippen molar-refractivity contribution in [3.8, 4) is 0 Å². The third-order valence-corrected chi connectivity index (χ3v) is 7.76. The van der Waals surface area contributed by atoms with Crippen molar-refractivity contribution >= 4 is 16.9 Å². The summed E-state index contributed by atoms with van der Waals surface area (Å²) >= 11 is 1.60. The van der Waals surface area contributed by atoms with Crippen molar-refractivity contribution < 1.29 is 4.79 Å². The number of unbranched alkanes of at least 4 members (excludes halogenated alkanes) is 23. The van der Waals surface area contributed by atoms with Crippen LogP contribution in [0, 0.1) is 0 Å². The van der Waals surface area contributed by atoms with Crippen LogP contribution in [0.3, 0.4) is 0 Å². The monoisotopic (exact) mass is 468 g/mol. The lowest BCUT2D eigenvalue weighted by Gasteiger charge is -2.04. The predicted molar refractivity (Wildman–Crippen MR) is 149 cm³/mol. The van der Waals surface area contributed by atoms with Gasteiger partial charge in [0.25, 0.3) is 0 Å². The minimum atomic E-state index is 0.440. The third-order valence-electron chi connectivity index (χ3n) is 6.75. The lowest BCUT2D eigenvalue weighted by atomic mass is 10.0. The highest BCUT2D eigenvalue weighted by molar-refractivity contribution is 8.13. The maximum atomic E-state index is 12.0. The first-order chi connectivity index (χ1) is 15.8. The second kappa shape index (κ2) is 29.1. The van der Waals surface area contributed by atoms with Crippen LogP contribution in [0.2, 0.25) is 0 Å². The molecule has 0 unspecified atom stereocenters. The summed E-state index contributed by atoms with van der Waals surface area (Å²) in [4.78, 5) is 12.0. The van der Waals surface area contributed by atoms with Gasteiger partial charge in [-0.3, -0.25) is 4.79 Å². The standard InChI is InChI=1S/C30H60OS/c1-3-5-7-9-11-13-15-16-17-19-21-23-25-27-29-32-30(31)28-26-24-22-20-18-14-12-10-8-6-4-2/h3-29H2,1-2H3. The Labute approximate surface area is 208 Å². The van der Waals surface area contributed by atoms with E-state index in [2.05, 4.69) is 13.8 Å². The lowest BCUT2D eigenvalue weighted by molar-refractivity contribution is -0.111. The average molecular weight is 469 g/mol. The fourth-order valence-electron chi connectivity index (χ4n) is 4.49. The van der Waals surface area contributed by atoms with Gasteiger partial charge in [0, 0.05) is 12.2 Å². The van der Waals surface area contributed by atoms with Gasteiger partial charge < -0.3 is 0 Å². The highest BCUT2D eigenvalue weighted by atomic mass is 32.2. The smallest absolute Gasteiger partial charge is 0.188 e. The fourth-order valence-corrected chi connectivity index (χ4v) is 5.35. The second-order valence-electron chi connectivity index (χ2n) is 10.1. The molecule has 0 atom stereocenters. The minimum Gasteiger partial charge on any atom is -0.287 e. The van der Waals surface area contributed by atoms with E-state index in [1.807, 2.05) is 0 Å². The maximum absolute atomic E-state index is 12.0. The fraction of sp³-hybridized carbons (Fsp3) is 0.967. The molecule has 0 saturated heterocycles. The van der Waals surface area contributed by atoms with E-state index >= 15 is 0 Å². The first-order valence-corrected chi connectivity index (χ1v) is 16.0. The number of rotatable bonds is 27. The first kappa shape index (κ1) is 32.0. The molecule has 0 rings (SSSR count). The number of hydrogen-bond donors (Lipinski definition) is 0. The summed E-state index contributed by atoms with van der Waals surface area (Å²) in [5.74, 6) is 1.05. The summed E-state index contributed by atoms with van der Waals surface area (Å²) in [7, 11) is 0. The molecule has 0 bridgehead atoms. The van der Waals surface area contributed by atoms with E-state index in [4.69, 9.17) is 0 Å². The highest BCUT2D eigenvalue weighted by Crippen LogP contribution is 2.17. The van der Waals surface area contributed by atoms with E-state index in [0.29, 0.717) is 5.12 Å². The third kappa shape index (κ3) is 28.1. The number of hydrogen-bond acceptors (Lipinski definition) is 2. The molecule has 0 spiro atoms. The molecule has 0 fully saturated rings. The van der Waals surface area contributed by atoms with E-state index in [1.165, 1.54) is 154 Å². The Morgan fingerprint density at radius 3 is 1.03 bits per heavy atom. The van der Waals surface area contributed by atoms with Gasteiger partial charge in [0.2, 0.25) is 0 Å². The van der Waals surface area contributed by atoms with Crippen molar-refractivity contribution in [3.63, 3.8) is 0 Å². The SMILES string of the molecule is CCCCCCCCCCCCCCCCSC(=O)CCCCCCCCCCCCC. The molecular weight excluding hydrogens is 408 g/mol. The molecule has 1 nitrogen and oxygen atoms in total. The molecule has 0 aromatic carbocycles. The van der Waals surface area contributed by atoms with Gasteiger partial charge in [-0.15, -0.1) is 0 Å². The van der Waals surface area contributed by atoms with Crippen molar-refractivity contribution in [3.05, 3.63) is 0 Å². The van der Waals surface area contributed by atoms with Gasteiger partial charge in [-0.2, -0.15) is 0 Å². The molecule has 0 aliphatic heterocycles. The Morgan fingerprint density at radius 1 is 0.406 bits per heavy atom. The summed E-state index contributed by atoms with van der Waals surface area (Å²) in [6, 6.07) is 0. The molecule has 0 aliphatic carbocycles. The summed E-state index contributed by atoms with van der Waals surface area (Å²) in [5, 5.41) is 0.440. The van der Waals surface area contributed by atoms with Crippen molar-refractivity contribution in [2.24, 2.45) is 0 Å². The predicted octanol–water partition coefficient (Wildman–Crippen LogP) is 11.4. The van der Waals surface area contributed by atoms with Crippen molar-refractivity contribution in [1.29, 1.82) is 0 Å². The molecule has 0 aromatic heterocycles. The van der Waals surface area contributed by atoms with Gasteiger partial charge >= 0.3 is 0 Å². The van der Waals surface area contributed by atoms with Crippen LogP contribution >= 0.6 is 11.8 Å². The number of thioether (sulfide) groups is 1. The molecule has 0 aliphatic rings. The maximum Gasteiger partial charge on any atom is 0.188 e. The Bertz CT molecular complexity index is 355. The molecule has 0 N–H and O–H groups in total. The van der Waals surface area contributed by atoms with Gasteiger partial charge in [0.05, 0.1) is 0 Å². The van der Waals surface area contributed by atoms with Crippen LogP contribution < -0.4 is 0 Å². The van der Waals surface area contributed by atoms with Gasteiger partial charge in [0.15, 0.2) is 5.12 Å². The largest absolute Gasteiger partial charge is 0.287 e. The Morgan fingerprint density at radius 2 is 0.688 bits per heavy atom. The van der Waals surface area contributed by atoms with Crippen molar-refractivity contribution in [2.75, 3.05) is 5.75 Å². The number of carbonyl (C=O) groups excluding carboxylic acids is 1. The van der Waals surface area contributed by atoms with E-state index < -0.39 is 0 Å². The van der Waals surface area contributed by atoms with Crippen LogP contribution in [0.4, 0.5) is 0 Å². The summed E-state index contributed by atoms with van der Waals surface area (Å²) in [6.07, 6.45) is 35.3. The first-order valence-electron chi connectivity index (χ1n) is 15.0. The normalized spacial score (nSPS) is 11.3. The summed E-state index contributed by atoms with van der Waals surface area (Å²) < 4.78 is 0. The van der Waals surface area contributed by atoms with Gasteiger partial charge in [0.1, 0.15) is 0 Å². The van der Waals surface area contributed by atoms with E-state index in [-0.39, 0.29) is 0 Å². The lowest BCUT2D eigenvalue weighted by Crippen LogP contribution is -1.94. The van der Waals surface area contributed by atoms with Crippen LogP contribution in [-0.4, -0.2) is 10.9 Å². The summed E-state index contributed by atoms with van der Waals surface area (Å²) in [6.45, 7) is 4.57. The summed E-state index contributed by atoms with van der Waals surface area (Å²) in [5.41, 5.74) is 0. The molecule has 0 radical (unpaired) electrons. The van der Waals surface area contributed by atoms with Crippen LogP contribution in [0.5, 0.6) is 0 Å². The molecule has 192 valence electrons. The van der Waals surface area contributed by atoms with Gasteiger partial charge in [-0.05, 0) is 12.8 Å². The zero-order chi connectivity index (χ0) is 23.4. The molecule has 0 aromatic rings. The molecule has 32 heavy (non-hydrogen) atoms. The van der Waals surface area contributed by atoms with Crippen molar-refractivity contribution in [2.45, 2.75) is 181 Å².